The molecule has 0 aliphatic rings. The molecule has 1 rings (SSSR count). The number of hydrogen-bond donors (Lipinski definition) is 3. The van der Waals surface area contributed by atoms with Crippen molar-refractivity contribution >= 4 is 21.6 Å². The van der Waals surface area contributed by atoms with E-state index in [2.05, 4.69) is 10.0 Å². The molecule has 9 nitrogen and oxygen atoms in total. The minimum absolute atomic E-state index is 0.0566. The standard InChI is InChI=1S/C14H22N4O5S/c1-3-7-14(2,15)13(19)16-8-9-17-24(22,23)12-6-4-5-11(10-12)18(20)21/h4-6,10,17H,3,7-9,15H2,1-2H3,(H,16,19). The Morgan fingerprint density at radius 2 is 2.04 bits per heavy atom. The van der Waals surface area contributed by atoms with Crippen LogP contribution in [-0.2, 0) is 14.8 Å². The van der Waals surface area contributed by atoms with Gasteiger partial charge in [-0.25, -0.2) is 13.1 Å². The number of rotatable bonds is 9. The van der Waals surface area contributed by atoms with Crippen LogP contribution >= 0.6 is 0 Å². The number of hydrogen-bond acceptors (Lipinski definition) is 6. The number of nitro groups is 1. The van der Waals surface area contributed by atoms with Crippen LogP contribution in [0.4, 0.5) is 5.69 Å². The number of carbonyl (C=O) groups excluding carboxylic acids is 1. The van der Waals surface area contributed by atoms with E-state index in [1.807, 2.05) is 6.92 Å². The molecule has 0 radical (unpaired) electrons. The fourth-order valence-corrected chi connectivity index (χ4v) is 3.11. The van der Waals surface area contributed by atoms with E-state index in [0.717, 1.165) is 12.5 Å². The second-order valence-electron chi connectivity index (χ2n) is 5.58. The zero-order valence-corrected chi connectivity index (χ0v) is 14.4. The summed E-state index contributed by atoms with van der Waals surface area (Å²) in [6.45, 7) is 3.52. The highest BCUT2D eigenvalue weighted by molar-refractivity contribution is 7.89. The third-order valence-corrected chi connectivity index (χ3v) is 4.79. The number of nitrogens with one attached hydrogen (secondary N) is 2. The molecular formula is C14H22N4O5S. The summed E-state index contributed by atoms with van der Waals surface area (Å²) in [6.07, 6.45) is 1.26. The van der Waals surface area contributed by atoms with E-state index in [4.69, 9.17) is 5.73 Å². The maximum atomic E-state index is 12.1. The van der Waals surface area contributed by atoms with E-state index < -0.39 is 20.5 Å². The van der Waals surface area contributed by atoms with Gasteiger partial charge in [0, 0.05) is 25.2 Å². The average molecular weight is 358 g/mol. The third-order valence-electron chi connectivity index (χ3n) is 3.33. The van der Waals surface area contributed by atoms with Crippen molar-refractivity contribution in [2.75, 3.05) is 13.1 Å². The van der Waals surface area contributed by atoms with Gasteiger partial charge in [0.05, 0.1) is 15.4 Å². The average Bonchev–Trinajstić information content (AvgIpc) is 2.51. The Hall–Kier alpha value is -2.04. The Labute approximate surface area is 140 Å². The lowest BCUT2D eigenvalue weighted by molar-refractivity contribution is -0.385. The van der Waals surface area contributed by atoms with Gasteiger partial charge >= 0.3 is 0 Å². The van der Waals surface area contributed by atoms with Crippen molar-refractivity contribution in [2.45, 2.75) is 37.1 Å². The van der Waals surface area contributed by atoms with Gasteiger partial charge in [-0.15, -0.1) is 0 Å². The third kappa shape index (κ3) is 5.55. The summed E-state index contributed by atoms with van der Waals surface area (Å²) < 4.78 is 26.4. The molecule has 134 valence electrons. The molecule has 0 saturated carbocycles. The Morgan fingerprint density at radius 1 is 1.38 bits per heavy atom. The van der Waals surface area contributed by atoms with Crippen LogP contribution < -0.4 is 15.8 Å². The molecule has 0 fully saturated rings. The first-order chi connectivity index (χ1) is 11.1. The van der Waals surface area contributed by atoms with Gasteiger partial charge in [-0.2, -0.15) is 0 Å². The molecule has 1 atom stereocenters. The zero-order chi connectivity index (χ0) is 18.4. The number of nitrogens with two attached hydrogens (primary N) is 1. The highest BCUT2D eigenvalue weighted by Crippen LogP contribution is 2.16. The highest BCUT2D eigenvalue weighted by Gasteiger charge is 2.26. The molecule has 10 heteroatoms. The normalized spacial score (nSPS) is 14.0. The molecule has 0 heterocycles. The molecule has 1 aromatic carbocycles. The number of sulfonamides is 1. The Morgan fingerprint density at radius 3 is 2.62 bits per heavy atom. The molecule has 0 aliphatic carbocycles. The first-order valence-corrected chi connectivity index (χ1v) is 8.90. The van der Waals surface area contributed by atoms with Crippen molar-refractivity contribution in [2.24, 2.45) is 5.73 Å². The number of carbonyl (C=O) groups is 1. The minimum atomic E-state index is -3.90. The summed E-state index contributed by atoms with van der Waals surface area (Å²) in [6, 6.07) is 4.72. The number of nitro benzene ring substituents is 1. The smallest absolute Gasteiger partial charge is 0.270 e. The maximum Gasteiger partial charge on any atom is 0.270 e. The molecule has 1 aromatic rings. The lowest BCUT2D eigenvalue weighted by atomic mass is 9.97. The summed E-state index contributed by atoms with van der Waals surface area (Å²) in [5.41, 5.74) is 4.54. The molecule has 1 unspecified atom stereocenters. The van der Waals surface area contributed by atoms with Crippen molar-refractivity contribution in [3.8, 4) is 0 Å². The van der Waals surface area contributed by atoms with Crippen LogP contribution in [0.3, 0.4) is 0 Å². The van der Waals surface area contributed by atoms with Crippen LogP contribution in [0.15, 0.2) is 29.2 Å². The van der Waals surface area contributed by atoms with Crippen LogP contribution in [-0.4, -0.2) is 37.9 Å². The number of non-ortho nitro benzene ring substituents is 1. The van der Waals surface area contributed by atoms with Crippen molar-refractivity contribution in [3.05, 3.63) is 34.4 Å². The van der Waals surface area contributed by atoms with E-state index in [-0.39, 0.29) is 29.6 Å². The quantitative estimate of drug-likeness (QED) is 0.333. The summed E-state index contributed by atoms with van der Waals surface area (Å²) >= 11 is 0. The second kappa shape index (κ2) is 8.18. The molecular weight excluding hydrogens is 336 g/mol. The fourth-order valence-electron chi connectivity index (χ4n) is 2.04. The van der Waals surface area contributed by atoms with Crippen molar-refractivity contribution in [3.63, 3.8) is 0 Å². The molecule has 0 spiro atoms. The monoisotopic (exact) mass is 358 g/mol. The predicted molar refractivity (Wildman–Crippen MR) is 88.8 cm³/mol. The first-order valence-electron chi connectivity index (χ1n) is 7.41. The van der Waals surface area contributed by atoms with Crippen LogP contribution in [0.1, 0.15) is 26.7 Å². The van der Waals surface area contributed by atoms with Gasteiger partial charge in [0.2, 0.25) is 15.9 Å². The van der Waals surface area contributed by atoms with Crippen LogP contribution in [0.25, 0.3) is 0 Å². The van der Waals surface area contributed by atoms with Crippen LogP contribution in [0.2, 0.25) is 0 Å². The van der Waals surface area contributed by atoms with Crippen molar-refractivity contribution in [1.29, 1.82) is 0 Å². The van der Waals surface area contributed by atoms with E-state index in [1.54, 1.807) is 6.92 Å². The summed E-state index contributed by atoms with van der Waals surface area (Å²) in [7, 11) is -3.90. The molecule has 1 amide bonds. The fraction of sp³-hybridized carbons (Fsp3) is 0.500. The number of amides is 1. The first kappa shape index (κ1) is 20.0. The van der Waals surface area contributed by atoms with Crippen LogP contribution in [0, 0.1) is 10.1 Å². The zero-order valence-electron chi connectivity index (χ0n) is 13.6. The van der Waals surface area contributed by atoms with E-state index in [0.29, 0.717) is 6.42 Å². The van der Waals surface area contributed by atoms with Gasteiger partial charge in [0.1, 0.15) is 0 Å². The van der Waals surface area contributed by atoms with Crippen molar-refractivity contribution in [1.82, 2.24) is 10.0 Å². The molecule has 0 saturated heterocycles. The lowest BCUT2D eigenvalue weighted by Crippen LogP contribution is -2.52. The van der Waals surface area contributed by atoms with Gasteiger partial charge < -0.3 is 11.1 Å². The second-order valence-corrected chi connectivity index (χ2v) is 7.34. The Bertz CT molecular complexity index is 703. The summed E-state index contributed by atoms with van der Waals surface area (Å²) in [5.74, 6) is -0.362. The van der Waals surface area contributed by atoms with Crippen molar-refractivity contribution < 1.29 is 18.1 Å². The predicted octanol–water partition coefficient (Wildman–Crippen LogP) is 0.507. The number of benzene rings is 1. The van der Waals surface area contributed by atoms with Gasteiger partial charge in [-0.1, -0.05) is 19.4 Å². The molecule has 4 N–H and O–H groups in total. The van der Waals surface area contributed by atoms with E-state index >= 15 is 0 Å². The lowest BCUT2D eigenvalue weighted by Gasteiger charge is -2.22. The van der Waals surface area contributed by atoms with Crippen LogP contribution in [0.5, 0.6) is 0 Å². The Balaban J connectivity index is 2.59. The molecule has 24 heavy (non-hydrogen) atoms. The van der Waals surface area contributed by atoms with E-state index in [1.165, 1.54) is 18.2 Å². The SMILES string of the molecule is CCCC(C)(N)C(=O)NCCNS(=O)(=O)c1cccc([N+](=O)[O-])c1. The maximum absolute atomic E-state index is 12.1. The topological polar surface area (TPSA) is 144 Å². The molecule has 0 aliphatic heterocycles. The minimum Gasteiger partial charge on any atom is -0.353 e. The highest BCUT2D eigenvalue weighted by atomic mass is 32.2. The van der Waals surface area contributed by atoms with Gasteiger partial charge in [0.25, 0.3) is 5.69 Å². The van der Waals surface area contributed by atoms with Gasteiger partial charge in [-0.3, -0.25) is 14.9 Å². The number of nitrogens with zero attached hydrogens (tertiary/aromatic N) is 1. The van der Waals surface area contributed by atoms with Gasteiger partial charge in [-0.05, 0) is 19.4 Å². The Kier molecular flexibility index (Phi) is 6.81. The molecule has 0 aromatic heterocycles. The van der Waals surface area contributed by atoms with E-state index in [9.17, 15) is 23.3 Å². The van der Waals surface area contributed by atoms with Gasteiger partial charge in [0.15, 0.2) is 0 Å². The largest absolute Gasteiger partial charge is 0.353 e. The summed E-state index contributed by atoms with van der Waals surface area (Å²) in [5, 5.41) is 13.3. The molecule has 0 bridgehead atoms. The summed E-state index contributed by atoms with van der Waals surface area (Å²) in [4.78, 5) is 21.7.